The highest BCUT2D eigenvalue weighted by Crippen LogP contribution is 2.14. The van der Waals surface area contributed by atoms with Crippen molar-refractivity contribution in [3.05, 3.63) is 47.5 Å². The molecule has 90 valence electrons. The Morgan fingerprint density at radius 1 is 1.29 bits per heavy atom. The van der Waals surface area contributed by atoms with Crippen LogP contribution in [0.5, 0.6) is 0 Å². The van der Waals surface area contributed by atoms with Gasteiger partial charge in [-0.2, -0.15) is 9.49 Å². The maximum absolute atomic E-state index is 14.0. The van der Waals surface area contributed by atoms with Gasteiger partial charge < -0.3 is 5.32 Å². The highest BCUT2D eigenvalue weighted by Gasteiger charge is 2.10. The normalized spacial score (nSPS) is 10.8. The van der Waals surface area contributed by atoms with Crippen LogP contribution in [0.1, 0.15) is 11.1 Å². The number of rotatable bonds is 4. The van der Waals surface area contributed by atoms with Crippen molar-refractivity contribution < 1.29 is 4.39 Å². The molecular weight excluding hydrogens is 217 g/mol. The predicted molar refractivity (Wildman–Crippen MR) is 65.9 cm³/mol. The number of hydrogen-bond donors (Lipinski definition) is 1. The highest BCUT2D eigenvalue weighted by molar-refractivity contribution is 5.34. The number of aromatic nitrogens is 2. The van der Waals surface area contributed by atoms with Gasteiger partial charge in [-0.3, -0.25) is 0 Å². The summed E-state index contributed by atoms with van der Waals surface area (Å²) in [6.07, 6.45) is 2.24. The van der Waals surface area contributed by atoms with E-state index in [2.05, 4.69) is 10.4 Å². The molecule has 1 N–H and O–H groups in total. The van der Waals surface area contributed by atoms with Gasteiger partial charge in [0.05, 0.1) is 11.9 Å². The molecule has 1 aromatic carbocycles. The minimum absolute atomic E-state index is 0.274. The third-order valence-corrected chi connectivity index (χ3v) is 2.70. The van der Waals surface area contributed by atoms with Crippen molar-refractivity contribution in [1.82, 2.24) is 15.1 Å². The maximum Gasteiger partial charge on any atom is 0.219 e. The van der Waals surface area contributed by atoms with E-state index >= 15 is 0 Å². The van der Waals surface area contributed by atoms with E-state index in [-0.39, 0.29) is 5.95 Å². The molecule has 0 saturated carbocycles. The van der Waals surface area contributed by atoms with Crippen LogP contribution in [0.3, 0.4) is 0 Å². The van der Waals surface area contributed by atoms with Gasteiger partial charge in [-0.15, -0.1) is 0 Å². The van der Waals surface area contributed by atoms with Crippen LogP contribution in [0.4, 0.5) is 4.39 Å². The fourth-order valence-corrected chi connectivity index (χ4v) is 1.66. The van der Waals surface area contributed by atoms with Crippen molar-refractivity contribution in [2.75, 3.05) is 13.6 Å². The van der Waals surface area contributed by atoms with Crippen LogP contribution in [0, 0.1) is 12.9 Å². The number of hydrogen-bond acceptors (Lipinski definition) is 2. The van der Waals surface area contributed by atoms with Crippen molar-refractivity contribution in [3.8, 4) is 5.69 Å². The van der Waals surface area contributed by atoms with E-state index < -0.39 is 0 Å². The lowest BCUT2D eigenvalue weighted by Crippen LogP contribution is -2.11. The van der Waals surface area contributed by atoms with Crippen LogP contribution in [0.25, 0.3) is 5.69 Å². The first kappa shape index (κ1) is 11.8. The molecule has 2 aromatic rings. The first-order valence-corrected chi connectivity index (χ1v) is 5.66. The summed E-state index contributed by atoms with van der Waals surface area (Å²) in [6, 6.07) is 7.63. The number of likely N-dealkylation sites (N-methyl/N-ethyl adjacent to an activating group) is 1. The zero-order chi connectivity index (χ0) is 12.3. The van der Waals surface area contributed by atoms with Crippen molar-refractivity contribution in [1.29, 1.82) is 0 Å². The van der Waals surface area contributed by atoms with Crippen LogP contribution in [-0.2, 0) is 6.42 Å². The minimum Gasteiger partial charge on any atom is -0.319 e. The Bertz CT molecular complexity index is 488. The van der Waals surface area contributed by atoms with Gasteiger partial charge in [-0.1, -0.05) is 17.7 Å². The molecule has 0 unspecified atom stereocenters. The summed E-state index contributed by atoms with van der Waals surface area (Å²) in [6.45, 7) is 2.75. The summed E-state index contributed by atoms with van der Waals surface area (Å²) in [5, 5.41) is 7.08. The Morgan fingerprint density at radius 2 is 2.00 bits per heavy atom. The number of nitrogens with zero attached hydrogens (tertiary/aromatic N) is 2. The molecule has 0 aliphatic carbocycles. The smallest absolute Gasteiger partial charge is 0.219 e. The molecule has 17 heavy (non-hydrogen) atoms. The second kappa shape index (κ2) is 5.10. The van der Waals surface area contributed by atoms with Gasteiger partial charge in [0, 0.05) is 5.56 Å². The Hall–Kier alpha value is -1.68. The lowest BCUT2D eigenvalue weighted by atomic mass is 10.2. The van der Waals surface area contributed by atoms with Gasteiger partial charge in [0.2, 0.25) is 5.95 Å². The number of benzene rings is 1. The molecule has 0 radical (unpaired) electrons. The lowest BCUT2D eigenvalue weighted by Gasteiger charge is -2.03. The third-order valence-electron chi connectivity index (χ3n) is 2.70. The largest absolute Gasteiger partial charge is 0.319 e. The molecule has 3 nitrogen and oxygen atoms in total. The summed E-state index contributed by atoms with van der Waals surface area (Å²) in [5.41, 5.74) is 2.54. The van der Waals surface area contributed by atoms with E-state index in [9.17, 15) is 4.39 Å². The van der Waals surface area contributed by atoms with Crippen LogP contribution in [0.15, 0.2) is 30.5 Å². The average Bonchev–Trinajstić information content (AvgIpc) is 2.69. The zero-order valence-corrected chi connectivity index (χ0v) is 10.1. The first-order valence-electron chi connectivity index (χ1n) is 5.66. The molecule has 0 saturated heterocycles. The topological polar surface area (TPSA) is 29.9 Å². The summed E-state index contributed by atoms with van der Waals surface area (Å²) in [7, 11) is 1.85. The van der Waals surface area contributed by atoms with E-state index in [0.29, 0.717) is 12.0 Å². The van der Waals surface area contributed by atoms with Gasteiger partial charge in [0.15, 0.2) is 0 Å². The van der Waals surface area contributed by atoms with Gasteiger partial charge >= 0.3 is 0 Å². The number of nitrogens with one attached hydrogen (secondary N) is 1. The Labute approximate surface area is 100 Å². The minimum atomic E-state index is -0.274. The molecule has 0 bridgehead atoms. The van der Waals surface area contributed by atoms with Crippen molar-refractivity contribution in [2.24, 2.45) is 0 Å². The van der Waals surface area contributed by atoms with Crippen molar-refractivity contribution >= 4 is 0 Å². The molecular formula is C13H16FN3. The van der Waals surface area contributed by atoms with Gasteiger partial charge in [-0.25, -0.2) is 4.68 Å². The molecule has 0 aliphatic heterocycles. The fourth-order valence-electron chi connectivity index (χ4n) is 1.66. The van der Waals surface area contributed by atoms with Crippen LogP contribution >= 0.6 is 0 Å². The SMILES string of the molecule is CNCCc1cnn(-c2ccc(C)cc2)c1F. The van der Waals surface area contributed by atoms with Gasteiger partial charge in [0.1, 0.15) is 0 Å². The Morgan fingerprint density at radius 3 is 2.65 bits per heavy atom. The number of aryl methyl sites for hydroxylation is 1. The van der Waals surface area contributed by atoms with Gasteiger partial charge in [0.25, 0.3) is 0 Å². The Kier molecular flexibility index (Phi) is 3.54. The monoisotopic (exact) mass is 233 g/mol. The predicted octanol–water partition coefficient (Wildman–Crippen LogP) is 2.08. The Balaban J connectivity index is 2.27. The lowest BCUT2D eigenvalue weighted by molar-refractivity contribution is 0.524. The van der Waals surface area contributed by atoms with Crippen LogP contribution < -0.4 is 5.32 Å². The summed E-state index contributed by atoms with van der Waals surface area (Å²) >= 11 is 0. The van der Waals surface area contributed by atoms with Crippen LogP contribution in [0.2, 0.25) is 0 Å². The van der Waals surface area contributed by atoms with Crippen molar-refractivity contribution in [2.45, 2.75) is 13.3 Å². The molecule has 0 aliphatic rings. The quantitative estimate of drug-likeness (QED) is 0.876. The van der Waals surface area contributed by atoms with Gasteiger partial charge in [-0.05, 0) is 39.1 Å². The molecule has 1 aromatic heterocycles. The van der Waals surface area contributed by atoms with E-state index in [1.165, 1.54) is 4.68 Å². The molecule has 1 heterocycles. The molecule has 0 fully saturated rings. The summed E-state index contributed by atoms with van der Waals surface area (Å²) < 4.78 is 15.4. The second-order valence-electron chi connectivity index (χ2n) is 4.06. The van der Waals surface area contributed by atoms with Crippen LogP contribution in [-0.4, -0.2) is 23.4 Å². The zero-order valence-electron chi connectivity index (χ0n) is 10.1. The molecule has 0 atom stereocenters. The second-order valence-corrected chi connectivity index (χ2v) is 4.06. The molecule has 0 spiro atoms. The standard InChI is InChI=1S/C13H16FN3/c1-10-3-5-12(6-4-10)17-13(14)11(9-16-17)7-8-15-2/h3-6,9,15H,7-8H2,1-2H3. The van der Waals surface area contributed by atoms with E-state index in [0.717, 1.165) is 17.8 Å². The highest BCUT2D eigenvalue weighted by atomic mass is 19.1. The fraction of sp³-hybridized carbons (Fsp3) is 0.308. The average molecular weight is 233 g/mol. The molecule has 2 rings (SSSR count). The van der Waals surface area contributed by atoms with E-state index in [1.54, 1.807) is 6.20 Å². The third kappa shape index (κ3) is 2.53. The number of halogens is 1. The van der Waals surface area contributed by atoms with Crippen molar-refractivity contribution in [3.63, 3.8) is 0 Å². The maximum atomic E-state index is 14.0. The van der Waals surface area contributed by atoms with E-state index in [4.69, 9.17) is 0 Å². The summed E-state index contributed by atoms with van der Waals surface area (Å²) in [4.78, 5) is 0. The summed E-state index contributed by atoms with van der Waals surface area (Å²) in [5.74, 6) is -0.274. The molecule has 4 heteroatoms. The molecule has 0 amide bonds. The first-order chi connectivity index (χ1) is 8.22. The van der Waals surface area contributed by atoms with E-state index in [1.807, 2.05) is 38.2 Å².